The van der Waals surface area contributed by atoms with E-state index in [0.717, 1.165) is 6.07 Å². The van der Waals surface area contributed by atoms with Crippen LogP contribution in [-0.4, -0.2) is 17.9 Å². The van der Waals surface area contributed by atoms with Gasteiger partial charge in [-0.2, -0.15) is 13.2 Å². The van der Waals surface area contributed by atoms with Gasteiger partial charge in [0.15, 0.2) is 0 Å². The fourth-order valence-electron chi connectivity index (χ4n) is 2.00. The van der Waals surface area contributed by atoms with Crippen LogP contribution in [0.15, 0.2) is 40.8 Å². The third-order valence-corrected chi connectivity index (χ3v) is 3.00. The largest absolute Gasteiger partial charge is 0.464 e. The first kappa shape index (κ1) is 15.2. The average Bonchev–Trinajstić information content (AvgIpc) is 2.82. The molecule has 2 aromatic rings. The van der Waals surface area contributed by atoms with Crippen molar-refractivity contribution in [2.24, 2.45) is 0 Å². The average molecular weight is 297 g/mol. The second kappa shape index (κ2) is 5.63. The van der Waals surface area contributed by atoms with Gasteiger partial charge in [-0.15, -0.1) is 0 Å². The van der Waals surface area contributed by atoms with Crippen molar-refractivity contribution >= 4 is 5.91 Å². The van der Waals surface area contributed by atoms with E-state index in [1.54, 1.807) is 19.1 Å². The number of halogens is 3. The molecule has 1 amide bonds. The third-order valence-electron chi connectivity index (χ3n) is 3.00. The Morgan fingerprint density at radius 2 is 1.86 bits per heavy atom. The number of benzene rings is 1. The molecule has 0 aliphatic rings. The molecule has 0 unspecified atom stereocenters. The quantitative estimate of drug-likeness (QED) is 0.861. The number of carbonyl (C=O) groups excluding carboxylic acids is 1. The van der Waals surface area contributed by atoms with Crippen molar-refractivity contribution < 1.29 is 22.4 Å². The van der Waals surface area contributed by atoms with Crippen molar-refractivity contribution in [1.29, 1.82) is 0 Å². The molecule has 0 saturated carbocycles. The summed E-state index contributed by atoms with van der Waals surface area (Å²) in [7, 11) is 1.44. The topological polar surface area (TPSA) is 33.5 Å². The van der Waals surface area contributed by atoms with Gasteiger partial charge in [0.2, 0.25) is 0 Å². The smallest absolute Gasteiger partial charge is 0.417 e. The van der Waals surface area contributed by atoms with Gasteiger partial charge in [0, 0.05) is 7.05 Å². The summed E-state index contributed by atoms with van der Waals surface area (Å²) in [5, 5.41) is 0. The number of aryl methyl sites for hydroxylation is 1. The number of alkyl halides is 3. The molecule has 0 bridgehead atoms. The minimum atomic E-state index is -4.56. The zero-order valence-electron chi connectivity index (χ0n) is 11.6. The normalized spacial score (nSPS) is 11.5. The third kappa shape index (κ3) is 3.45. The van der Waals surface area contributed by atoms with Crippen LogP contribution in [0.4, 0.5) is 13.2 Å². The van der Waals surface area contributed by atoms with Crippen LogP contribution in [-0.2, 0) is 12.7 Å². The standard InChI is InChI=1S/C15H14F3NO2/c1-10-7-8-11(21-10)9-19(2)14(20)12-5-3-4-6-13(12)15(16,17)18/h3-8H,9H2,1-2H3. The number of nitrogens with zero attached hydrogens (tertiary/aromatic N) is 1. The summed E-state index contributed by atoms with van der Waals surface area (Å²) in [6, 6.07) is 8.17. The molecule has 6 heteroatoms. The van der Waals surface area contributed by atoms with Crippen LogP contribution in [0.2, 0.25) is 0 Å². The Hall–Kier alpha value is -2.24. The molecule has 0 aliphatic carbocycles. The Bertz CT molecular complexity index is 646. The van der Waals surface area contributed by atoms with Gasteiger partial charge in [0.05, 0.1) is 17.7 Å². The van der Waals surface area contributed by atoms with E-state index in [0.29, 0.717) is 11.5 Å². The molecule has 21 heavy (non-hydrogen) atoms. The van der Waals surface area contributed by atoms with Crippen molar-refractivity contribution in [3.63, 3.8) is 0 Å². The van der Waals surface area contributed by atoms with E-state index >= 15 is 0 Å². The molecule has 0 fully saturated rings. The highest BCUT2D eigenvalue weighted by Gasteiger charge is 2.35. The van der Waals surface area contributed by atoms with Crippen molar-refractivity contribution in [2.75, 3.05) is 7.05 Å². The van der Waals surface area contributed by atoms with E-state index in [2.05, 4.69) is 0 Å². The Kier molecular flexibility index (Phi) is 4.06. The van der Waals surface area contributed by atoms with Gasteiger partial charge in [-0.25, -0.2) is 0 Å². The minimum absolute atomic E-state index is 0.110. The molecule has 3 nitrogen and oxygen atoms in total. The lowest BCUT2D eigenvalue weighted by atomic mass is 10.1. The van der Waals surface area contributed by atoms with Crippen LogP contribution in [0.3, 0.4) is 0 Å². The summed E-state index contributed by atoms with van der Waals surface area (Å²) in [5.41, 5.74) is -1.30. The molecule has 0 atom stereocenters. The second-order valence-electron chi connectivity index (χ2n) is 4.72. The number of hydrogen-bond acceptors (Lipinski definition) is 2. The Morgan fingerprint density at radius 3 is 2.43 bits per heavy atom. The van der Waals surface area contributed by atoms with E-state index in [9.17, 15) is 18.0 Å². The number of rotatable bonds is 3. The molecular weight excluding hydrogens is 283 g/mol. The maximum absolute atomic E-state index is 12.9. The zero-order valence-corrected chi connectivity index (χ0v) is 11.6. The lowest BCUT2D eigenvalue weighted by Gasteiger charge is -2.19. The highest BCUT2D eigenvalue weighted by Crippen LogP contribution is 2.32. The molecule has 112 valence electrons. The highest BCUT2D eigenvalue weighted by atomic mass is 19.4. The summed E-state index contributed by atoms with van der Waals surface area (Å²) in [5.74, 6) is 0.506. The lowest BCUT2D eigenvalue weighted by Crippen LogP contribution is -2.28. The van der Waals surface area contributed by atoms with Crippen LogP contribution in [0.5, 0.6) is 0 Å². The number of amides is 1. The zero-order chi connectivity index (χ0) is 15.6. The van der Waals surface area contributed by atoms with Crippen LogP contribution in [0.25, 0.3) is 0 Å². The van der Waals surface area contributed by atoms with Gasteiger partial charge >= 0.3 is 6.18 Å². The SMILES string of the molecule is Cc1ccc(CN(C)C(=O)c2ccccc2C(F)(F)F)o1. The minimum Gasteiger partial charge on any atom is -0.464 e. The van der Waals surface area contributed by atoms with E-state index in [1.165, 1.54) is 30.1 Å². The summed E-state index contributed by atoms with van der Waals surface area (Å²) >= 11 is 0. The monoisotopic (exact) mass is 297 g/mol. The van der Waals surface area contributed by atoms with Gasteiger partial charge in [0.25, 0.3) is 5.91 Å². The number of furan rings is 1. The molecule has 0 saturated heterocycles. The summed E-state index contributed by atoms with van der Waals surface area (Å²) in [4.78, 5) is 13.4. The Morgan fingerprint density at radius 1 is 1.19 bits per heavy atom. The van der Waals surface area contributed by atoms with Crippen molar-refractivity contribution in [3.05, 3.63) is 59.0 Å². The fraction of sp³-hybridized carbons (Fsp3) is 0.267. The molecule has 1 aromatic carbocycles. The maximum atomic E-state index is 12.9. The summed E-state index contributed by atoms with van der Waals surface area (Å²) in [6.45, 7) is 1.86. The van der Waals surface area contributed by atoms with E-state index in [-0.39, 0.29) is 12.1 Å². The number of carbonyl (C=O) groups is 1. The second-order valence-corrected chi connectivity index (χ2v) is 4.72. The molecule has 0 spiro atoms. The van der Waals surface area contributed by atoms with E-state index in [4.69, 9.17) is 4.42 Å². The van der Waals surface area contributed by atoms with Crippen molar-refractivity contribution in [3.8, 4) is 0 Å². The molecule has 1 aromatic heterocycles. The molecule has 2 rings (SSSR count). The van der Waals surface area contributed by atoms with Gasteiger partial charge in [-0.05, 0) is 31.2 Å². The van der Waals surface area contributed by atoms with Crippen molar-refractivity contribution in [2.45, 2.75) is 19.6 Å². The fourth-order valence-corrected chi connectivity index (χ4v) is 2.00. The van der Waals surface area contributed by atoms with Crippen LogP contribution >= 0.6 is 0 Å². The number of hydrogen-bond donors (Lipinski definition) is 0. The maximum Gasteiger partial charge on any atom is 0.417 e. The van der Waals surface area contributed by atoms with E-state index < -0.39 is 17.6 Å². The van der Waals surface area contributed by atoms with E-state index in [1.807, 2.05) is 0 Å². The summed E-state index contributed by atoms with van der Waals surface area (Å²) in [6.07, 6.45) is -4.56. The Balaban J connectivity index is 2.24. The van der Waals surface area contributed by atoms with Crippen LogP contribution in [0, 0.1) is 6.92 Å². The first-order valence-electron chi connectivity index (χ1n) is 6.26. The first-order valence-corrected chi connectivity index (χ1v) is 6.26. The van der Waals surface area contributed by atoms with Crippen LogP contribution in [0.1, 0.15) is 27.4 Å². The molecule has 0 aliphatic heterocycles. The summed E-state index contributed by atoms with van der Waals surface area (Å²) < 4.78 is 44.1. The molecule has 0 N–H and O–H groups in total. The first-order chi connectivity index (χ1) is 9.79. The molecule has 1 heterocycles. The predicted molar refractivity (Wildman–Crippen MR) is 70.7 cm³/mol. The van der Waals surface area contributed by atoms with Gasteiger partial charge in [-0.3, -0.25) is 4.79 Å². The van der Waals surface area contributed by atoms with Crippen molar-refractivity contribution in [1.82, 2.24) is 4.90 Å². The molecule has 0 radical (unpaired) electrons. The van der Waals surface area contributed by atoms with Gasteiger partial charge < -0.3 is 9.32 Å². The molecular formula is C15H14F3NO2. The Labute approximate surface area is 120 Å². The predicted octanol–water partition coefficient (Wildman–Crippen LogP) is 3.88. The van der Waals surface area contributed by atoms with Crippen LogP contribution < -0.4 is 0 Å². The highest BCUT2D eigenvalue weighted by molar-refractivity contribution is 5.95. The lowest BCUT2D eigenvalue weighted by molar-refractivity contribution is -0.138. The van der Waals surface area contributed by atoms with Gasteiger partial charge in [0.1, 0.15) is 11.5 Å². The van der Waals surface area contributed by atoms with Gasteiger partial charge in [-0.1, -0.05) is 12.1 Å².